The van der Waals surface area contributed by atoms with Crippen LogP contribution in [-0.2, 0) is 17.8 Å². The minimum absolute atomic E-state index is 0.192. The molecular formula is C24H30FN5O. The number of nitrogens with one attached hydrogen (secondary N) is 2. The van der Waals surface area contributed by atoms with Crippen LogP contribution in [0.2, 0.25) is 0 Å². The van der Waals surface area contributed by atoms with Gasteiger partial charge in [0, 0.05) is 51.5 Å². The van der Waals surface area contributed by atoms with Crippen molar-refractivity contribution in [3.63, 3.8) is 0 Å². The molecule has 0 aliphatic carbocycles. The Hall–Kier alpha value is -3.06. The molecule has 4 rings (SSSR count). The van der Waals surface area contributed by atoms with E-state index in [1.165, 1.54) is 10.9 Å². The highest BCUT2D eigenvalue weighted by Crippen LogP contribution is 2.21. The highest BCUT2D eigenvalue weighted by atomic mass is 19.1. The van der Waals surface area contributed by atoms with Crippen molar-refractivity contribution in [2.45, 2.75) is 19.5 Å². The third-order valence-corrected chi connectivity index (χ3v) is 5.60. The number of ether oxygens (including phenoxy) is 1. The summed E-state index contributed by atoms with van der Waals surface area (Å²) in [6.45, 7) is 4.99. The minimum atomic E-state index is -0.192. The highest BCUT2D eigenvalue weighted by molar-refractivity contribution is 5.80. The summed E-state index contributed by atoms with van der Waals surface area (Å²) in [7, 11) is 1.75. The number of anilines is 1. The summed E-state index contributed by atoms with van der Waals surface area (Å²) in [6, 6.07) is 16.0. The molecule has 164 valence electrons. The second-order valence-electron chi connectivity index (χ2n) is 7.66. The van der Waals surface area contributed by atoms with Gasteiger partial charge in [0.2, 0.25) is 0 Å². The molecule has 2 aromatic carbocycles. The number of halogens is 1. The average molecular weight is 424 g/mol. The molecule has 1 saturated heterocycles. The Balaban J connectivity index is 1.23. The van der Waals surface area contributed by atoms with Crippen LogP contribution in [-0.4, -0.2) is 50.4 Å². The number of para-hydroxylation sites is 1. The first-order valence-electron chi connectivity index (χ1n) is 10.8. The summed E-state index contributed by atoms with van der Waals surface area (Å²) < 4.78 is 22.2. The van der Waals surface area contributed by atoms with Gasteiger partial charge in [-0.2, -0.15) is 0 Å². The number of aromatic nitrogens is 1. The molecule has 1 aliphatic heterocycles. The lowest BCUT2D eigenvalue weighted by Crippen LogP contribution is -2.38. The van der Waals surface area contributed by atoms with E-state index in [4.69, 9.17) is 4.74 Å². The second kappa shape index (κ2) is 10.3. The van der Waals surface area contributed by atoms with Crippen LogP contribution < -0.4 is 15.5 Å². The molecule has 6 nitrogen and oxygen atoms in total. The van der Waals surface area contributed by atoms with E-state index in [1.807, 2.05) is 17.0 Å². The zero-order chi connectivity index (χ0) is 21.5. The molecule has 1 aliphatic rings. The van der Waals surface area contributed by atoms with Crippen molar-refractivity contribution in [2.24, 2.45) is 4.99 Å². The first kappa shape index (κ1) is 21.2. The standard InChI is InChI=1S/C24H30FN5O/c1-26-24(27-10-4-11-29-12-9-20-5-2-3-6-22(20)29)28-18-19-7-8-23(21(25)17-19)30-13-15-31-16-14-30/h2-3,5-9,12,17H,4,10-11,13-16,18H2,1H3,(H2,26,27,28). The van der Waals surface area contributed by atoms with Crippen LogP contribution in [0.5, 0.6) is 0 Å². The SMILES string of the molecule is CN=C(NCCCn1ccc2ccccc21)NCc1ccc(N2CCOCC2)c(F)c1. The van der Waals surface area contributed by atoms with E-state index in [1.54, 1.807) is 13.1 Å². The number of hydrogen-bond acceptors (Lipinski definition) is 3. The van der Waals surface area contributed by atoms with Gasteiger partial charge >= 0.3 is 0 Å². The van der Waals surface area contributed by atoms with Crippen molar-refractivity contribution in [1.82, 2.24) is 15.2 Å². The van der Waals surface area contributed by atoms with Crippen LogP contribution in [0.1, 0.15) is 12.0 Å². The van der Waals surface area contributed by atoms with Gasteiger partial charge in [-0.15, -0.1) is 0 Å². The van der Waals surface area contributed by atoms with Gasteiger partial charge in [0.1, 0.15) is 5.82 Å². The largest absolute Gasteiger partial charge is 0.378 e. The molecule has 0 saturated carbocycles. The second-order valence-corrected chi connectivity index (χ2v) is 7.66. The minimum Gasteiger partial charge on any atom is -0.378 e. The molecule has 3 aromatic rings. The number of aliphatic imine (C=N–C) groups is 1. The highest BCUT2D eigenvalue weighted by Gasteiger charge is 2.15. The number of fused-ring (bicyclic) bond motifs is 1. The van der Waals surface area contributed by atoms with Crippen LogP contribution in [0.25, 0.3) is 10.9 Å². The number of guanidine groups is 1. The monoisotopic (exact) mass is 423 g/mol. The van der Waals surface area contributed by atoms with Gasteiger partial charge in [-0.1, -0.05) is 24.3 Å². The van der Waals surface area contributed by atoms with Crippen molar-refractivity contribution in [2.75, 3.05) is 44.8 Å². The summed E-state index contributed by atoms with van der Waals surface area (Å²) in [5, 5.41) is 7.87. The summed E-state index contributed by atoms with van der Waals surface area (Å²) in [6.07, 6.45) is 3.11. The van der Waals surface area contributed by atoms with Crippen molar-refractivity contribution in [3.05, 3.63) is 66.1 Å². The lowest BCUT2D eigenvalue weighted by molar-refractivity contribution is 0.122. The number of nitrogens with zero attached hydrogens (tertiary/aromatic N) is 3. The summed E-state index contributed by atoms with van der Waals surface area (Å²) in [5.41, 5.74) is 2.79. The first-order chi connectivity index (χ1) is 15.2. The van der Waals surface area contributed by atoms with Gasteiger partial charge in [-0.05, 0) is 41.6 Å². The molecule has 0 radical (unpaired) electrons. The van der Waals surface area contributed by atoms with E-state index in [-0.39, 0.29) is 5.82 Å². The fraction of sp³-hybridized carbons (Fsp3) is 0.375. The molecule has 0 atom stereocenters. The van der Waals surface area contributed by atoms with E-state index in [2.05, 4.69) is 56.7 Å². The predicted molar refractivity (Wildman–Crippen MR) is 124 cm³/mol. The molecule has 0 bridgehead atoms. The topological polar surface area (TPSA) is 53.8 Å². The Morgan fingerprint density at radius 3 is 2.74 bits per heavy atom. The fourth-order valence-corrected chi connectivity index (χ4v) is 3.92. The Kier molecular flexibility index (Phi) is 7.04. The lowest BCUT2D eigenvalue weighted by atomic mass is 10.1. The summed E-state index contributed by atoms with van der Waals surface area (Å²) >= 11 is 0. The first-order valence-corrected chi connectivity index (χ1v) is 10.8. The molecule has 2 N–H and O–H groups in total. The van der Waals surface area contributed by atoms with Crippen LogP contribution in [0, 0.1) is 5.82 Å². The molecule has 0 amide bonds. The molecule has 2 heterocycles. The van der Waals surface area contributed by atoms with Crippen LogP contribution >= 0.6 is 0 Å². The summed E-state index contributed by atoms with van der Waals surface area (Å²) in [5.74, 6) is 0.526. The van der Waals surface area contributed by atoms with E-state index in [0.717, 1.165) is 44.1 Å². The van der Waals surface area contributed by atoms with Gasteiger partial charge in [0.05, 0.1) is 18.9 Å². The zero-order valence-corrected chi connectivity index (χ0v) is 18.0. The average Bonchev–Trinajstić information content (AvgIpc) is 3.22. The molecule has 7 heteroatoms. The maximum atomic E-state index is 14.6. The number of rotatable bonds is 7. The van der Waals surface area contributed by atoms with Crippen molar-refractivity contribution in [1.29, 1.82) is 0 Å². The van der Waals surface area contributed by atoms with Crippen LogP contribution in [0.4, 0.5) is 10.1 Å². The van der Waals surface area contributed by atoms with Gasteiger partial charge in [-0.25, -0.2) is 4.39 Å². The van der Waals surface area contributed by atoms with E-state index in [9.17, 15) is 4.39 Å². The quantitative estimate of drug-likeness (QED) is 0.348. The third kappa shape index (κ3) is 5.35. The van der Waals surface area contributed by atoms with Gasteiger partial charge in [0.25, 0.3) is 0 Å². The number of benzene rings is 2. The lowest BCUT2D eigenvalue weighted by Gasteiger charge is -2.29. The van der Waals surface area contributed by atoms with E-state index >= 15 is 0 Å². The Morgan fingerprint density at radius 2 is 1.94 bits per heavy atom. The van der Waals surface area contributed by atoms with Gasteiger partial charge < -0.3 is 24.8 Å². The Morgan fingerprint density at radius 1 is 1.10 bits per heavy atom. The predicted octanol–water partition coefficient (Wildman–Crippen LogP) is 3.37. The third-order valence-electron chi connectivity index (χ3n) is 5.60. The molecular weight excluding hydrogens is 393 g/mol. The molecule has 0 spiro atoms. The van der Waals surface area contributed by atoms with Crippen LogP contribution in [0.3, 0.4) is 0 Å². The summed E-state index contributed by atoms with van der Waals surface area (Å²) in [4.78, 5) is 6.31. The molecule has 0 unspecified atom stereocenters. The molecule has 31 heavy (non-hydrogen) atoms. The van der Waals surface area contributed by atoms with Gasteiger partial charge in [0.15, 0.2) is 5.96 Å². The molecule has 1 fully saturated rings. The van der Waals surface area contributed by atoms with Gasteiger partial charge in [-0.3, -0.25) is 4.99 Å². The van der Waals surface area contributed by atoms with Crippen molar-refractivity contribution in [3.8, 4) is 0 Å². The molecule has 1 aromatic heterocycles. The van der Waals surface area contributed by atoms with Crippen molar-refractivity contribution < 1.29 is 9.13 Å². The fourth-order valence-electron chi connectivity index (χ4n) is 3.92. The normalized spacial score (nSPS) is 14.8. The zero-order valence-electron chi connectivity index (χ0n) is 18.0. The maximum Gasteiger partial charge on any atom is 0.191 e. The number of aryl methyl sites for hydroxylation is 1. The Labute approximate surface area is 182 Å². The van der Waals surface area contributed by atoms with E-state index in [0.29, 0.717) is 25.4 Å². The van der Waals surface area contributed by atoms with Crippen LogP contribution in [0.15, 0.2) is 59.7 Å². The van der Waals surface area contributed by atoms with E-state index < -0.39 is 0 Å². The number of hydrogen-bond donors (Lipinski definition) is 2. The maximum absolute atomic E-state index is 14.6. The Bertz CT molecular complexity index is 1030. The number of morpholine rings is 1. The van der Waals surface area contributed by atoms with Crippen molar-refractivity contribution >= 4 is 22.5 Å². The smallest absolute Gasteiger partial charge is 0.191 e.